The summed E-state index contributed by atoms with van der Waals surface area (Å²) in [6.07, 6.45) is 6.42. The van der Waals surface area contributed by atoms with E-state index in [0.29, 0.717) is 24.8 Å². The summed E-state index contributed by atoms with van der Waals surface area (Å²) in [5.74, 6) is 1.58. The molecule has 6 heteroatoms. The zero-order valence-electron chi connectivity index (χ0n) is 16.3. The van der Waals surface area contributed by atoms with Gasteiger partial charge in [-0.3, -0.25) is 9.59 Å². The molecule has 0 radical (unpaired) electrons. The molecule has 3 aliphatic rings. The number of ketones is 1. The highest BCUT2D eigenvalue weighted by Crippen LogP contribution is 2.31. The molecule has 0 spiro atoms. The molecule has 1 amide bonds. The van der Waals surface area contributed by atoms with Gasteiger partial charge in [0.1, 0.15) is 0 Å². The first kappa shape index (κ1) is 19.9. The van der Waals surface area contributed by atoms with Crippen LogP contribution in [0.15, 0.2) is 24.3 Å². The van der Waals surface area contributed by atoms with Gasteiger partial charge in [0.25, 0.3) is 0 Å². The maximum absolute atomic E-state index is 13.0. The molecular formula is C22H30N2O3S. The molecule has 2 saturated heterocycles. The average Bonchev–Trinajstić information content (AvgIpc) is 3.45. The fourth-order valence-electron chi connectivity index (χ4n) is 5.00. The molecule has 152 valence electrons. The van der Waals surface area contributed by atoms with Crippen LogP contribution in [0.2, 0.25) is 0 Å². The maximum atomic E-state index is 13.0. The van der Waals surface area contributed by atoms with E-state index in [-0.39, 0.29) is 35.6 Å². The smallest absolute Gasteiger partial charge is 0.223 e. The molecule has 0 bridgehead atoms. The lowest BCUT2D eigenvalue weighted by molar-refractivity contribution is -0.137. The monoisotopic (exact) mass is 402 g/mol. The second-order valence-corrected chi connectivity index (χ2v) is 9.44. The number of rotatable bonds is 7. The van der Waals surface area contributed by atoms with Crippen LogP contribution in [-0.4, -0.2) is 58.1 Å². The number of Topliss-reactive ketones (excluding diaryl/α,β-unsaturated/α-hetero) is 1. The summed E-state index contributed by atoms with van der Waals surface area (Å²) < 4.78 is 0. The molecule has 4 rings (SSSR count). The average molecular weight is 403 g/mol. The fraction of sp³-hybridized carbons (Fsp3) is 0.636. The van der Waals surface area contributed by atoms with E-state index in [1.165, 1.54) is 11.1 Å². The number of carbonyl (C=O) groups excluding carboxylic acids is 2. The molecule has 1 aromatic rings. The van der Waals surface area contributed by atoms with Crippen LogP contribution >= 0.6 is 11.8 Å². The molecule has 1 aliphatic carbocycles. The lowest BCUT2D eigenvalue weighted by Gasteiger charge is -2.27. The van der Waals surface area contributed by atoms with Crippen LogP contribution in [0.1, 0.15) is 43.2 Å². The standard InChI is InChI=1S/C22H30N2O3S/c25-13-18-22(28-14-23-18)21(27)19-8-4-10-24(19)20(26)9-3-5-15-11-16-6-1-2-7-17(16)12-15/h1-2,6-7,15,18-19,22-23,25H,3-5,8-14H2/t18-,19+,22?/m1/s1. The van der Waals surface area contributed by atoms with Gasteiger partial charge in [-0.1, -0.05) is 24.3 Å². The summed E-state index contributed by atoms with van der Waals surface area (Å²) >= 11 is 1.55. The van der Waals surface area contributed by atoms with Crippen molar-refractivity contribution in [2.45, 2.75) is 62.3 Å². The molecule has 2 aliphatic heterocycles. The van der Waals surface area contributed by atoms with Gasteiger partial charge in [0, 0.05) is 24.9 Å². The van der Waals surface area contributed by atoms with Crippen molar-refractivity contribution in [3.8, 4) is 0 Å². The molecule has 1 unspecified atom stereocenters. The van der Waals surface area contributed by atoms with Crippen molar-refractivity contribution in [1.82, 2.24) is 10.2 Å². The van der Waals surface area contributed by atoms with E-state index >= 15 is 0 Å². The highest BCUT2D eigenvalue weighted by molar-refractivity contribution is 8.00. The van der Waals surface area contributed by atoms with E-state index in [4.69, 9.17) is 0 Å². The van der Waals surface area contributed by atoms with Gasteiger partial charge in [0.05, 0.1) is 17.9 Å². The van der Waals surface area contributed by atoms with Crippen LogP contribution in [0.3, 0.4) is 0 Å². The summed E-state index contributed by atoms with van der Waals surface area (Å²) in [7, 11) is 0. The van der Waals surface area contributed by atoms with Crippen molar-refractivity contribution in [1.29, 1.82) is 0 Å². The Bertz CT molecular complexity index is 700. The summed E-state index contributed by atoms with van der Waals surface area (Å²) in [5, 5.41) is 12.4. The Morgan fingerprint density at radius 2 is 1.96 bits per heavy atom. The van der Waals surface area contributed by atoms with Crippen LogP contribution < -0.4 is 5.32 Å². The van der Waals surface area contributed by atoms with Crippen LogP contribution in [0, 0.1) is 5.92 Å². The molecule has 2 fully saturated rings. The van der Waals surface area contributed by atoms with Gasteiger partial charge in [-0.05, 0) is 55.6 Å². The minimum atomic E-state index is -0.297. The van der Waals surface area contributed by atoms with Gasteiger partial charge < -0.3 is 15.3 Å². The number of likely N-dealkylation sites (tertiary alicyclic amines) is 1. The topological polar surface area (TPSA) is 69.6 Å². The number of hydrogen-bond acceptors (Lipinski definition) is 5. The van der Waals surface area contributed by atoms with Gasteiger partial charge >= 0.3 is 0 Å². The van der Waals surface area contributed by atoms with Gasteiger partial charge in [-0.15, -0.1) is 11.8 Å². The number of amides is 1. The molecule has 0 aromatic heterocycles. The Kier molecular flexibility index (Phi) is 6.38. The molecule has 3 atom stereocenters. The number of thioether (sulfide) groups is 1. The number of fused-ring (bicyclic) bond motifs is 1. The van der Waals surface area contributed by atoms with E-state index in [2.05, 4.69) is 29.6 Å². The van der Waals surface area contributed by atoms with Crippen molar-refractivity contribution in [3.05, 3.63) is 35.4 Å². The van der Waals surface area contributed by atoms with Gasteiger partial charge in [-0.2, -0.15) is 0 Å². The Balaban J connectivity index is 1.26. The van der Waals surface area contributed by atoms with Crippen LogP contribution in [0.5, 0.6) is 0 Å². The zero-order chi connectivity index (χ0) is 19.5. The lowest BCUT2D eigenvalue weighted by Crippen LogP contribution is -2.48. The number of nitrogens with one attached hydrogen (secondary N) is 1. The lowest BCUT2D eigenvalue weighted by atomic mass is 9.98. The molecule has 2 heterocycles. The van der Waals surface area contributed by atoms with Gasteiger partial charge in [-0.25, -0.2) is 0 Å². The number of aliphatic hydroxyl groups is 1. The molecule has 2 N–H and O–H groups in total. The fourth-order valence-corrected chi connectivity index (χ4v) is 6.22. The first-order valence-electron chi connectivity index (χ1n) is 10.5. The number of hydrogen-bond donors (Lipinski definition) is 2. The van der Waals surface area contributed by atoms with E-state index in [0.717, 1.165) is 38.5 Å². The van der Waals surface area contributed by atoms with Crippen molar-refractivity contribution in [3.63, 3.8) is 0 Å². The van der Waals surface area contributed by atoms with Crippen molar-refractivity contribution < 1.29 is 14.7 Å². The van der Waals surface area contributed by atoms with Crippen molar-refractivity contribution in [2.24, 2.45) is 5.92 Å². The largest absolute Gasteiger partial charge is 0.395 e. The third-order valence-corrected chi connectivity index (χ3v) is 7.74. The Hall–Kier alpha value is -1.37. The molecule has 28 heavy (non-hydrogen) atoms. The quantitative estimate of drug-likeness (QED) is 0.731. The van der Waals surface area contributed by atoms with E-state index < -0.39 is 0 Å². The second-order valence-electron chi connectivity index (χ2n) is 8.31. The number of benzene rings is 1. The summed E-state index contributed by atoms with van der Waals surface area (Å²) in [6.45, 7) is 0.659. The van der Waals surface area contributed by atoms with E-state index in [1.807, 2.05) is 4.90 Å². The minimum Gasteiger partial charge on any atom is -0.395 e. The number of nitrogens with zero attached hydrogens (tertiary/aromatic N) is 1. The highest BCUT2D eigenvalue weighted by Gasteiger charge is 2.41. The summed E-state index contributed by atoms with van der Waals surface area (Å²) in [4.78, 5) is 27.6. The minimum absolute atomic E-state index is 0.0339. The Morgan fingerprint density at radius 3 is 2.68 bits per heavy atom. The second kappa shape index (κ2) is 8.97. The first-order valence-corrected chi connectivity index (χ1v) is 11.6. The Morgan fingerprint density at radius 1 is 1.21 bits per heavy atom. The number of carbonyl (C=O) groups is 2. The SMILES string of the molecule is O=C(C1SCN[C@@H]1CO)[C@@H]1CCCN1C(=O)CCCC1Cc2ccccc2C1. The van der Waals surface area contributed by atoms with Gasteiger partial charge in [0.15, 0.2) is 5.78 Å². The van der Waals surface area contributed by atoms with Crippen molar-refractivity contribution >= 4 is 23.5 Å². The highest BCUT2D eigenvalue weighted by atomic mass is 32.2. The van der Waals surface area contributed by atoms with Crippen LogP contribution in [0.25, 0.3) is 0 Å². The van der Waals surface area contributed by atoms with E-state index in [1.54, 1.807) is 11.8 Å². The predicted molar refractivity (Wildman–Crippen MR) is 111 cm³/mol. The van der Waals surface area contributed by atoms with E-state index in [9.17, 15) is 14.7 Å². The molecule has 5 nitrogen and oxygen atoms in total. The zero-order valence-corrected chi connectivity index (χ0v) is 17.1. The van der Waals surface area contributed by atoms with Crippen molar-refractivity contribution in [2.75, 3.05) is 19.0 Å². The van der Waals surface area contributed by atoms with Gasteiger partial charge in [0.2, 0.25) is 5.91 Å². The number of aliphatic hydroxyl groups excluding tert-OH is 1. The summed E-state index contributed by atoms with van der Waals surface area (Å²) in [6, 6.07) is 8.17. The normalized spacial score (nSPS) is 27.3. The van der Waals surface area contributed by atoms with Crippen LogP contribution in [-0.2, 0) is 22.4 Å². The first-order chi connectivity index (χ1) is 13.7. The third-order valence-electron chi connectivity index (χ3n) is 6.49. The predicted octanol–water partition coefficient (Wildman–Crippen LogP) is 2.16. The molecule has 1 aromatic carbocycles. The van der Waals surface area contributed by atoms with Crippen LogP contribution in [0.4, 0.5) is 0 Å². The molecule has 0 saturated carbocycles. The Labute approximate surface area is 171 Å². The molecular weight excluding hydrogens is 372 g/mol. The summed E-state index contributed by atoms with van der Waals surface area (Å²) in [5.41, 5.74) is 2.93. The third kappa shape index (κ3) is 4.14. The maximum Gasteiger partial charge on any atom is 0.223 e.